The maximum absolute atomic E-state index is 5.04. The molecule has 5 heteroatoms. The number of nitrogens with zero attached hydrogens (tertiary/aromatic N) is 2. The Labute approximate surface area is 102 Å². The number of methoxy groups -OCH3 is 1. The quantitative estimate of drug-likeness (QED) is 0.706. The van der Waals surface area contributed by atoms with Crippen LogP contribution in [0.3, 0.4) is 0 Å². The minimum absolute atomic E-state index is 0.736. The Kier molecular flexibility index (Phi) is 6.37. The molecular formula is C11H21N3OS. The van der Waals surface area contributed by atoms with E-state index in [1.807, 2.05) is 13.2 Å². The smallest absolute Gasteiger partial charge is 0.185 e. The highest BCUT2D eigenvalue weighted by molar-refractivity contribution is 7.15. The van der Waals surface area contributed by atoms with Gasteiger partial charge in [0.15, 0.2) is 5.13 Å². The van der Waals surface area contributed by atoms with E-state index in [0.717, 1.165) is 31.4 Å². The lowest BCUT2D eigenvalue weighted by atomic mass is 10.4. The number of rotatable bonds is 8. The number of hydrogen-bond donors (Lipinski definition) is 1. The first-order valence-electron chi connectivity index (χ1n) is 5.63. The van der Waals surface area contributed by atoms with Crippen LogP contribution < -0.4 is 10.2 Å². The molecule has 0 aliphatic carbocycles. The molecule has 0 unspecified atom stereocenters. The monoisotopic (exact) mass is 243 g/mol. The largest absolute Gasteiger partial charge is 0.383 e. The van der Waals surface area contributed by atoms with E-state index in [0.29, 0.717) is 0 Å². The molecule has 1 N–H and O–H groups in total. The number of thiazole rings is 1. The summed E-state index contributed by atoms with van der Waals surface area (Å²) in [7, 11) is 3.76. The van der Waals surface area contributed by atoms with Crippen LogP contribution in [0.15, 0.2) is 6.20 Å². The van der Waals surface area contributed by atoms with E-state index in [2.05, 4.69) is 22.1 Å². The van der Waals surface area contributed by atoms with Crippen molar-refractivity contribution in [3.05, 3.63) is 11.1 Å². The van der Waals surface area contributed by atoms with Crippen molar-refractivity contribution < 1.29 is 4.74 Å². The summed E-state index contributed by atoms with van der Waals surface area (Å²) in [6.45, 7) is 5.77. The van der Waals surface area contributed by atoms with Crippen molar-refractivity contribution in [1.29, 1.82) is 0 Å². The van der Waals surface area contributed by atoms with E-state index >= 15 is 0 Å². The summed E-state index contributed by atoms with van der Waals surface area (Å²) >= 11 is 1.74. The van der Waals surface area contributed by atoms with Crippen LogP contribution in [0.2, 0.25) is 0 Å². The molecule has 92 valence electrons. The first-order valence-corrected chi connectivity index (χ1v) is 6.45. The molecule has 0 saturated heterocycles. The van der Waals surface area contributed by atoms with Crippen LogP contribution in [-0.4, -0.2) is 38.8 Å². The average Bonchev–Trinajstić information content (AvgIpc) is 2.75. The third-order valence-corrected chi connectivity index (χ3v) is 3.34. The second kappa shape index (κ2) is 7.60. The van der Waals surface area contributed by atoms with Crippen molar-refractivity contribution in [3.63, 3.8) is 0 Å². The average molecular weight is 243 g/mol. The van der Waals surface area contributed by atoms with Crippen LogP contribution in [0.4, 0.5) is 5.13 Å². The van der Waals surface area contributed by atoms with Gasteiger partial charge in [-0.3, -0.25) is 0 Å². The Morgan fingerprint density at radius 2 is 2.38 bits per heavy atom. The Bertz CT molecular complexity index is 291. The molecule has 0 saturated carbocycles. The Hall–Kier alpha value is -0.650. The van der Waals surface area contributed by atoms with Crippen molar-refractivity contribution in [1.82, 2.24) is 10.3 Å². The Morgan fingerprint density at radius 3 is 3.06 bits per heavy atom. The molecule has 1 aromatic heterocycles. The van der Waals surface area contributed by atoms with Crippen molar-refractivity contribution >= 4 is 16.5 Å². The van der Waals surface area contributed by atoms with Crippen LogP contribution in [0.25, 0.3) is 0 Å². The number of likely N-dealkylation sites (N-methyl/N-ethyl adjacent to an activating group) is 1. The zero-order chi connectivity index (χ0) is 11.8. The fourth-order valence-corrected chi connectivity index (χ4v) is 2.13. The number of hydrogen-bond acceptors (Lipinski definition) is 5. The van der Waals surface area contributed by atoms with E-state index in [4.69, 9.17) is 4.74 Å². The Balaban J connectivity index is 2.37. The van der Waals surface area contributed by atoms with E-state index in [1.165, 1.54) is 11.3 Å². The minimum Gasteiger partial charge on any atom is -0.383 e. The predicted octanol–water partition coefficient (Wildman–Crippen LogP) is 1.73. The lowest BCUT2D eigenvalue weighted by Crippen LogP contribution is -2.21. The molecule has 0 aliphatic heterocycles. The van der Waals surface area contributed by atoms with Crippen molar-refractivity contribution in [2.24, 2.45) is 0 Å². The van der Waals surface area contributed by atoms with Crippen LogP contribution in [0, 0.1) is 0 Å². The topological polar surface area (TPSA) is 37.4 Å². The highest BCUT2D eigenvalue weighted by Gasteiger charge is 2.06. The molecule has 1 heterocycles. The predicted molar refractivity (Wildman–Crippen MR) is 69.3 cm³/mol. The van der Waals surface area contributed by atoms with Gasteiger partial charge in [-0.2, -0.15) is 0 Å². The van der Waals surface area contributed by atoms with E-state index in [9.17, 15) is 0 Å². The lowest BCUT2D eigenvalue weighted by Gasteiger charge is -2.14. The zero-order valence-corrected chi connectivity index (χ0v) is 11.1. The molecule has 0 fully saturated rings. The molecule has 0 bridgehead atoms. The molecule has 0 aromatic carbocycles. The molecule has 4 nitrogen and oxygen atoms in total. The first-order chi connectivity index (χ1) is 7.77. The van der Waals surface area contributed by atoms with Gasteiger partial charge in [-0.05, 0) is 13.0 Å². The van der Waals surface area contributed by atoms with Crippen LogP contribution >= 0.6 is 11.3 Å². The SMILES string of the molecule is CCCNCc1cnc(N(C)CCOC)s1. The van der Waals surface area contributed by atoms with Gasteiger partial charge in [-0.25, -0.2) is 4.98 Å². The fraction of sp³-hybridized carbons (Fsp3) is 0.727. The third kappa shape index (κ3) is 4.47. The summed E-state index contributed by atoms with van der Waals surface area (Å²) in [5, 5.41) is 4.43. The van der Waals surface area contributed by atoms with E-state index < -0.39 is 0 Å². The van der Waals surface area contributed by atoms with Gasteiger partial charge in [0, 0.05) is 38.3 Å². The van der Waals surface area contributed by atoms with Crippen LogP contribution in [0.5, 0.6) is 0 Å². The van der Waals surface area contributed by atoms with Gasteiger partial charge < -0.3 is 15.0 Å². The normalized spacial score (nSPS) is 10.7. The second-order valence-electron chi connectivity index (χ2n) is 3.70. The molecule has 0 radical (unpaired) electrons. The van der Waals surface area contributed by atoms with Crippen molar-refractivity contribution in [2.45, 2.75) is 19.9 Å². The number of ether oxygens (including phenoxy) is 1. The molecule has 1 aromatic rings. The fourth-order valence-electron chi connectivity index (χ4n) is 1.27. The Morgan fingerprint density at radius 1 is 1.56 bits per heavy atom. The zero-order valence-electron chi connectivity index (χ0n) is 10.3. The molecule has 1 rings (SSSR count). The highest BCUT2D eigenvalue weighted by atomic mass is 32.1. The van der Waals surface area contributed by atoms with E-state index in [1.54, 1.807) is 18.4 Å². The van der Waals surface area contributed by atoms with Gasteiger partial charge in [-0.1, -0.05) is 6.92 Å². The van der Waals surface area contributed by atoms with Crippen LogP contribution in [0.1, 0.15) is 18.2 Å². The van der Waals surface area contributed by atoms with Gasteiger partial charge in [-0.15, -0.1) is 11.3 Å². The number of aromatic nitrogens is 1. The summed E-state index contributed by atoms with van der Waals surface area (Å²) in [6.07, 6.45) is 3.12. The van der Waals surface area contributed by atoms with Crippen molar-refractivity contribution in [3.8, 4) is 0 Å². The van der Waals surface area contributed by atoms with E-state index in [-0.39, 0.29) is 0 Å². The second-order valence-corrected chi connectivity index (χ2v) is 4.79. The van der Waals surface area contributed by atoms with Gasteiger partial charge >= 0.3 is 0 Å². The third-order valence-electron chi connectivity index (χ3n) is 2.22. The molecule has 16 heavy (non-hydrogen) atoms. The molecule has 0 spiro atoms. The standard InChI is InChI=1S/C11H21N3OS/c1-4-5-12-8-10-9-13-11(16-10)14(2)6-7-15-3/h9,12H,4-8H2,1-3H3. The molecule has 0 aliphatic rings. The van der Waals surface area contributed by atoms with Gasteiger partial charge in [0.05, 0.1) is 6.61 Å². The summed E-state index contributed by atoms with van der Waals surface area (Å²) in [5.41, 5.74) is 0. The van der Waals surface area contributed by atoms with Crippen molar-refractivity contribution in [2.75, 3.05) is 38.8 Å². The molecule has 0 amide bonds. The summed E-state index contributed by atoms with van der Waals surface area (Å²) in [6, 6.07) is 0. The van der Waals surface area contributed by atoms with Gasteiger partial charge in [0.2, 0.25) is 0 Å². The molecular weight excluding hydrogens is 222 g/mol. The van der Waals surface area contributed by atoms with Gasteiger partial charge in [0.1, 0.15) is 0 Å². The summed E-state index contributed by atoms with van der Waals surface area (Å²) in [5.74, 6) is 0. The molecule has 0 atom stereocenters. The number of anilines is 1. The minimum atomic E-state index is 0.736. The number of nitrogens with one attached hydrogen (secondary N) is 1. The summed E-state index contributed by atoms with van der Waals surface area (Å²) < 4.78 is 5.04. The first kappa shape index (κ1) is 13.4. The lowest BCUT2D eigenvalue weighted by molar-refractivity contribution is 0.206. The van der Waals surface area contributed by atoms with Crippen LogP contribution in [-0.2, 0) is 11.3 Å². The maximum atomic E-state index is 5.04. The van der Waals surface area contributed by atoms with Gasteiger partial charge in [0.25, 0.3) is 0 Å². The highest BCUT2D eigenvalue weighted by Crippen LogP contribution is 2.20. The maximum Gasteiger partial charge on any atom is 0.185 e. The summed E-state index contributed by atoms with van der Waals surface area (Å²) in [4.78, 5) is 7.80.